The summed E-state index contributed by atoms with van der Waals surface area (Å²) in [6.07, 6.45) is 1.70. The second-order valence-electron chi connectivity index (χ2n) is 4.70. The molecular weight excluding hydrogens is 250 g/mol. The molecule has 1 heterocycles. The number of rotatable bonds is 5. The molecule has 0 saturated heterocycles. The molecule has 102 valence electrons. The lowest BCUT2D eigenvalue weighted by atomic mass is 10.1. The predicted octanol–water partition coefficient (Wildman–Crippen LogP) is 3.73. The summed E-state index contributed by atoms with van der Waals surface area (Å²) in [5.41, 5.74) is 1.13. The SMILES string of the molecule is CNCc1ccoc1COc1ccc2ccccc2c1. The van der Waals surface area contributed by atoms with E-state index < -0.39 is 0 Å². The van der Waals surface area contributed by atoms with Crippen LogP contribution in [0.5, 0.6) is 5.75 Å². The van der Waals surface area contributed by atoms with E-state index in [1.165, 1.54) is 10.8 Å². The smallest absolute Gasteiger partial charge is 0.146 e. The van der Waals surface area contributed by atoms with Gasteiger partial charge < -0.3 is 14.5 Å². The highest BCUT2D eigenvalue weighted by Gasteiger charge is 2.06. The zero-order valence-corrected chi connectivity index (χ0v) is 11.4. The fourth-order valence-electron chi connectivity index (χ4n) is 2.25. The maximum Gasteiger partial charge on any atom is 0.146 e. The van der Waals surface area contributed by atoms with Gasteiger partial charge in [0.05, 0.1) is 6.26 Å². The average molecular weight is 267 g/mol. The van der Waals surface area contributed by atoms with E-state index in [1.807, 2.05) is 31.3 Å². The van der Waals surface area contributed by atoms with Gasteiger partial charge in [-0.3, -0.25) is 0 Å². The van der Waals surface area contributed by atoms with E-state index in [-0.39, 0.29) is 0 Å². The van der Waals surface area contributed by atoms with Crippen LogP contribution in [0.4, 0.5) is 0 Å². The van der Waals surface area contributed by atoms with Gasteiger partial charge in [-0.2, -0.15) is 0 Å². The van der Waals surface area contributed by atoms with Gasteiger partial charge in [-0.05, 0) is 36.0 Å². The fraction of sp³-hybridized carbons (Fsp3) is 0.176. The Bertz CT molecular complexity index is 703. The van der Waals surface area contributed by atoms with Gasteiger partial charge in [-0.1, -0.05) is 30.3 Å². The van der Waals surface area contributed by atoms with Crippen LogP contribution in [-0.4, -0.2) is 7.05 Å². The van der Waals surface area contributed by atoms with Crippen LogP contribution in [0.25, 0.3) is 10.8 Å². The molecule has 3 nitrogen and oxygen atoms in total. The van der Waals surface area contributed by atoms with Crippen molar-refractivity contribution in [2.45, 2.75) is 13.2 Å². The second kappa shape index (κ2) is 5.80. The molecule has 3 heteroatoms. The van der Waals surface area contributed by atoms with E-state index in [2.05, 4.69) is 29.6 Å². The largest absolute Gasteiger partial charge is 0.486 e. The Morgan fingerprint density at radius 3 is 2.75 bits per heavy atom. The normalized spacial score (nSPS) is 10.8. The molecule has 0 aliphatic carbocycles. The van der Waals surface area contributed by atoms with Crippen LogP contribution < -0.4 is 10.1 Å². The maximum atomic E-state index is 5.82. The minimum Gasteiger partial charge on any atom is -0.486 e. The summed E-state index contributed by atoms with van der Waals surface area (Å²) >= 11 is 0. The summed E-state index contributed by atoms with van der Waals surface area (Å²) in [5.74, 6) is 1.73. The van der Waals surface area contributed by atoms with Gasteiger partial charge in [0.2, 0.25) is 0 Å². The van der Waals surface area contributed by atoms with Crippen LogP contribution in [0.3, 0.4) is 0 Å². The Balaban J connectivity index is 1.74. The van der Waals surface area contributed by atoms with E-state index in [0.29, 0.717) is 6.61 Å². The van der Waals surface area contributed by atoms with E-state index in [9.17, 15) is 0 Å². The molecule has 0 bridgehead atoms. The lowest BCUT2D eigenvalue weighted by Gasteiger charge is -2.07. The number of benzene rings is 2. The van der Waals surface area contributed by atoms with Gasteiger partial charge >= 0.3 is 0 Å². The van der Waals surface area contributed by atoms with Gasteiger partial charge in [-0.25, -0.2) is 0 Å². The fourth-order valence-corrected chi connectivity index (χ4v) is 2.25. The second-order valence-corrected chi connectivity index (χ2v) is 4.70. The number of hydrogen-bond acceptors (Lipinski definition) is 3. The quantitative estimate of drug-likeness (QED) is 0.765. The number of hydrogen-bond donors (Lipinski definition) is 1. The molecule has 0 fully saturated rings. The lowest BCUT2D eigenvalue weighted by Crippen LogP contribution is -2.07. The van der Waals surface area contributed by atoms with Crippen molar-refractivity contribution in [3.8, 4) is 5.75 Å². The van der Waals surface area contributed by atoms with Gasteiger partial charge in [-0.15, -0.1) is 0 Å². The molecule has 3 rings (SSSR count). The Kier molecular flexibility index (Phi) is 3.70. The van der Waals surface area contributed by atoms with Crippen molar-refractivity contribution in [3.63, 3.8) is 0 Å². The van der Waals surface area contributed by atoms with Gasteiger partial charge in [0.25, 0.3) is 0 Å². The summed E-state index contributed by atoms with van der Waals surface area (Å²) in [7, 11) is 1.92. The van der Waals surface area contributed by atoms with Crippen molar-refractivity contribution in [1.82, 2.24) is 5.32 Å². The van der Waals surface area contributed by atoms with Gasteiger partial charge in [0, 0.05) is 12.1 Å². The molecule has 0 unspecified atom stereocenters. The minimum atomic E-state index is 0.447. The summed E-state index contributed by atoms with van der Waals surface area (Å²) in [4.78, 5) is 0. The van der Waals surface area contributed by atoms with Crippen molar-refractivity contribution in [1.29, 1.82) is 0 Å². The molecule has 20 heavy (non-hydrogen) atoms. The molecule has 2 aromatic carbocycles. The number of ether oxygens (including phenoxy) is 1. The molecule has 3 aromatic rings. The highest BCUT2D eigenvalue weighted by atomic mass is 16.5. The van der Waals surface area contributed by atoms with Crippen molar-refractivity contribution < 1.29 is 9.15 Å². The highest BCUT2D eigenvalue weighted by Crippen LogP contribution is 2.22. The van der Waals surface area contributed by atoms with Crippen molar-refractivity contribution in [2.24, 2.45) is 0 Å². The molecule has 0 aliphatic rings. The molecule has 1 aromatic heterocycles. The highest BCUT2D eigenvalue weighted by molar-refractivity contribution is 5.83. The van der Waals surface area contributed by atoms with E-state index in [4.69, 9.17) is 9.15 Å². The first-order valence-electron chi connectivity index (χ1n) is 6.68. The standard InChI is InChI=1S/C17H17NO2/c1-18-11-15-8-9-19-17(15)12-20-16-7-6-13-4-2-3-5-14(13)10-16/h2-10,18H,11-12H2,1H3. The van der Waals surface area contributed by atoms with Gasteiger partial charge in [0.1, 0.15) is 18.1 Å². The van der Waals surface area contributed by atoms with Crippen LogP contribution in [0.15, 0.2) is 59.2 Å². The van der Waals surface area contributed by atoms with Crippen LogP contribution >= 0.6 is 0 Å². The third-order valence-electron chi connectivity index (χ3n) is 3.30. The molecule has 0 saturated carbocycles. The van der Waals surface area contributed by atoms with Gasteiger partial charge in [0.15, 0.2) is 0 Å². The Morgan fingerprint density at radius 2 is 1.90 bits per heavy atom. The predicted molar refractivity (Wildman–Crippen MR) is 79.8 cm³/mol. The van der Waals surface area contributed by atoms with Crippen LogP contribution in [0.1, 0.15) is 11.3 Å². The van der Waals surface area contributed by atoms with Crippen LogP contribution in [0, 0.1) is 0 Å². The maximum absolute atomic E-state index is 5.82. The molecule has 0 amide bonds. The number of nitrogens with one attached hydrogen (secondary N) is 1. The van der Waals surface area contributed by atoms with E-state index in [1.54, 1.807) is 6.26 Å². The number of fused-ring (bicyclic) bond motifs is 1. The third-order valence-corrected chi connectivity index (χ3v) is 3.30. The molecule has 1 N–H and O–H groups in total. The molecule has 0 radical (unpaired) electrons. The molecule has 0 atom stereocenters. The molecule has 0 aliphatic heterocycles. The van der Waals surface area contributed by atoms with Crippen LogP contribution in [0.2, 0.25) is 0 Å². The zero-order chi connectivity index (χ0) is 13.8. The molecule has 0 spiro atoms. The van der Waals surface area contributed by atoms with E-state index >= 15 is 0 Å². The van der Waals surface area contributed by atoms with Crippen LogP contribution in [-0.2, 0) is 13.2 Å². The summed E-state index contributed by atoms with van der Waals surface area (Å²) in [5, 5.41) is 5.51. The Labute approximate surface area is 118 Å². The Hall–Kier alpha value is -2.26. The summed E-state index contributed by atoms with van der Waals surface area (Å²) in [6, 6.07) is 16.3. The minimum absolute atomic E-state index is 0.447. The first-order valence-corrected chi connectivity index (χ1v) is 6.68. The van der Waals surface area contributed by atoms with Crippen molar-refractivity contribution in [3.05, 3.63) is 66.1 Å². The van der Waals surface area contributed by atoms with Crippen molar-refractivity contribution in [2.75, 3.05) is 7.05 Å². The average Bonchev–Trinajstić information content (AvgIpc) is 2.93. The Morgan fingerprint density at radius 1 is 1.05 bits per heavy atom. The lowest BCUT2D eigenvalue weighted by molar-refractivity contribution is 0.268. The summed E-state index contributed by atoms with van der Waals surface area (Å²) < 4.78 is 11.3. The van der Waals surface area contributed by atoms with Crippen molar-refractivity contribution >= 4 is 10.8 Å². The monoisotopic (exact) mass is 267 g/mol. The topological polar surface area (TPSA) is 34.4 Å². The zero-order valence-electron chi connectivity index (χ0n) is 11.4. The first kappa shape index (κ1) is 12.8. The summed E-state index contributed by atoms with van der Waals surface area (Å²) in [6.45, 7) is 1.23. The third kappa shape index (κ3) is 2.68. The van der Waals surface area contributed by atoms with E-state index in [0.717, 1.165) is 23.6 Å². The number of furan rings is 1. The molecular formula is C17H17NO2. The first-order chi connectivity index (χ1) is 9.86.